The third-order valence-electron chi connectivity index (χ3n) is 2.74. The zero-order valence-electron chi connectivity index (χ0n) is 10.6. The van der Waals surface area contributed by atoms with Crippen molar-refractivity contribution in [2.75, 3.05) is 14.2 Å². The first-order valence-corrected chi connectivity index (χ1v) is 6.06. The summed E-state index contributed by atoms with van der Waals surface area (Å²) in [6.45, 7) is 0. The third kappa shape index (κ3) is 2.88. The van der Waals surface area contributed by atoms with Crippen LogP contribution < -0.4 is 9.47 Å². The Morgan fingerprint density at radius 2 is 1.84 bits per heavy atom. The van der Waals surface area contributed by atoms with E-state index in [0.717, 1.165) is 0 Å². The topological polar surface area (TPSA) is 35.5 Å². The van der Waals surface area contributed by atoms with Gasteiger partial charge in [0.2, 0.25) is 0 Å². The summed E-state index contributed by atoms with van der Waals surface area (Å²) < 4.78 is 10.3. The van der Waals surface area contributed by atoms with Crippen LogP contribution in [0.15, 0.2) is 42.5 Å². The molecule has 98 valence electrons. The predicted octanol–water partition coefficient (Wildman–Crippen LogP) is 3.59. The fraction of sp³-hybridized carbons (Fsp3) is 0.133. The number of methoxy groups -OCH3 is 2. The van der Waals surface area contributed by atoms with Gasteiger partial charge in [0.15, 0.2) is 5.78 Å². The van der Waals surface area contributed by atoms with Gasteiger partial charge in [0.05, 0.1) is 19.8 Å². The van der Waals surface area contributed by atoms with Crippen LogP contribution in [-0.4, -0.2) is 20.0 Å². The Balaban J connectivity index is 2.43. The van der Waals surface area contributed by atoms with Crippen LogP contribution in [0.5, 0.6) is 11.5 Å². The maximum Gasteiger partial charge on any atom is 0.196 e. The molecule has 0 amide bonds. The van der Waals surface area contributed by atoms with Crippen molar-refractivity contribution in [3.05, 3.63) is 58.6 Å². The summed E-state index contributed by atoms with van der Waals surface area (Å²) >= 11 is 5.88. The van der Waals surface area contributed by atoms with E-state index < -0.39 is 0 Å². The number of ketones is 1. The predicted molar refractivity (Wildman–Crippen MR) is 74.4 cm³/mol. The molecule has 0 radical (unpaired) electrons. The molecule has 0 aromatic heterocycles. The van der Waals surface area contributed by atoms with Crippen molar-refractivity contribution in [3.8, 4) is 11.5 Å². The summed E-state index contributed by atoms with van der Waals surface area (Å²) in [5.41, 5.74) is 1.01. The van der Waals surface area contributed by atoms with E-state index in [0.29, 0.717) is 27.6 Å². The lowest BCUT2D eigenvalue weighted by Crippen LogP contribution is -2.04. The van der Waals surface area contributed by atoms with Gasteiger partial charge in [0, 0.05) is 10.6 Å². The molecule has 0 aliphatic carbocycles. The second-order valence-electron chi connectivity index (χ2n) is 3.91. The average Bonchev–Trinajstić information content (AvgIpc) is 2.46. The first-order chi connectivity index (χ1) is 9.15. The molecule has 0 spiro atoms. The van der Waals surface area contributed by atoms with E-state index in [-0.39, 0.29) is 5.78 Å². The average molecular weight is 277 g/mol. The SMILES string of the molecule is COc1cccc(C(=O)c2ccc(Cl)cc2OC)c1. The molecular weight excluding hydrogens is 264 g/mol. The highest BCUT2D eigenvalue weighted by Gasteiger charge is 2.15. The first kappa shape index (κ1) is 13.4. The molecule has 0 saturated heterocycles. The number of ether oxygens (including phenoxy) is 2. The van der Waals surface area contributed by atoms with E-state index in [1.807, 2.05) is 0 Å². The molecule has 0 heterocycles. The zero-order chi connectivity index (χ0) is 13.8. The third-order valence-corrected chi connectivity index (χ3v) is 2.98. The van der Waals surface area contributed by atoms with Crippen molar-refractivity contribution in [1.82, 2.24) is 0 Å². The minimum Gasteiger partial charge on any atom is -0.497 e. The molecule has 0 saturated carbocycles. The molecule has 2 aromatic rings. The highest BCUT2D eigenvalue weighted by atomic mass is 35.5. The summed E-state index contributed by atoms with van der Waals surface area (Å²) in [7, 11) is 3.07. The van der Waals surface area contributed by atoms with E-state index in [4.69, 9.17) is 21.1 Å². The second-order valence-corrected chi connectivity index (χ2v) is 4.34. The van der Waals surface area contributed by atoms with Crippen molar-refractivity contribution in [2.45, 2.75) is 0 Å². The lowest BCUT2D eigenvalue weighted by molar-refractivity contribution is 0.103. The minimum absolute atomic E-state index is 0.132. The van der Waals surface area contributed by atoms with Crippen LogP contribution in [0.4, 0.5) is 0 Å². The summed E-state index contributed by atoms with van der Waals surface area (Å²) in [6, 6.07) is 11.9. The van der Waals surface area contributed by atoms with Gasteiger partial charge in [-0.15, -0.1) is 0 Å². The lowest BCUT2D eigenvalue weighted by Gasteiger charge is -2.09. The Morgan fingerprint density at radius 3 is 2.53 bits per heavy atom. The Morgan fingerprint density at radius 1 is 1.05 bits per heavy atom. The van der Waals surface area contributed by atoms with Crippen molar-refractivity contribution in [2.24, 2.45) is 0 Å². The monoisotopic (exact) mass is 276 g/mol. The number of hydrogen-bond donors (Lipinski definition) is 0. The van der Waals surface area contributed by atoms with Crippen LogP contribution in [0, 0.1) is 0 Å². The van der Waals surface area contributed by atoms with Gasteiger partial charge in [-0.25, -0.2) is 0 Å². The Labute approximate surface area is 116 Å². The molecule has 0 N–H and O–H groups in total. The second kappa shape index (κ2) is 5.76. The summed E-state index contributed by atoms with van der Waals surface area (Å²) in [5, 5.41) is 0.527. The highest BCUT2D eigenvalue weighted by Crippen LogP contribution is 2.26. The van der Waals surface area contributed by atoms with Crippen molar-refractivity contribution >= 4 is 17.4 Å². The van der Waals surface area contributed by atoms with Gasteiger partial charge < -0.3 is 9.47 Å². The fourth-order valence-corrected chi connectivity index (χ4v) is 1.93. The van der Waals surface area contributed by atoms with Gasteiger partial charge in [0.1, 0.15) is 11.5 Å². The number of carbonyl (C=O) groups excluding carboxylic acids is 1. The molecular formula is C15H13ClO3. The van der Waals surface area contributed by atoms with Crippen molar-refractivity contribution in [3.63, 3.8) is 0 Å². The van der Waals surface area contributed by atoms with Crippen LogP contribution in [-0.2, 0) is 0 Å². The van der Waals surface area contributed by atoms with Crippen LogP contribution in [0.1, 0.15) is 15.9 Å². The minimum atomic E-state index is -0.132. The largest absolute Gasteiger partial charge is 0.497 e. The molecule has 4 heteroatoms. The lowest BCUT2D eigenvalue weighted by atomic mass is 10.0. The maximum atomic E-state index is 12.4. The number of hydrogen-bond acceptors (Lipinski definition) is 3. The molecule has 19 heavy (non-hydrogen) atoms. The van der Waals surface area contributed by atoms with Crippen LogP contribution in [0.25, 0.3) is 0 Å². The van der Waals surface area contributed by atoms with Crippen LogP contribution >= 0.6 is 11.6 Å². The van der Waals surface area contributed by atoms with E-state index >= 15 is 0 Å². The van der Waals surface area contributed by atoms with Crippen molar-refractivity contribution in [1.29, 1.82) is 0 Å². The summed E-state index contributed by atoms with van der Waals surface area (Å²) in [6.07, 6.45) is 0. The van der Waals surface area contributed by atoms with Gasteiger partial charge in [-0.1, -0.05) is 23.7 Å². The van der Waals surface area contributed by atoms with Gasteiger partial charge >= 0.3 is 0 Å². The highest BCUT2D eigenvalue weighted by molar-refractivity contribution is 6.31. The van der Waals surface area contributed by atoms with Crippen LogP contribution in [0.2, 0.25) is 5.02 Å². The number of halogens is 1. The van der Waals surface area contributed by atoms with E-state index in [2.05, 4.69) is 0 Å². The molecule has 0 fully saturated rings. The van der Waals surface area contributed by atoms with Gasteiger partial charge in [0.25, 0.3) is 0 Å². The van der Waals surface area contributed by atoms with E-state index in [1.54, 1.807) is 49.6 Å². The number of benzene rings is 2. The Bertz CT molecular complexity index is 608. The Kier molecular flexibility index (Phi) is 4.07. The zero-order valence-corrected chi connectivity index (χ0v) is 11.4. The standard InChI is InChI=1S/C15H13ClO3/c1-18-12-5-3-4-10(8-12)15(17)13-7-6-11(16)9-14(13)19-2/h3-9H,1-2H3. The summed E-state index contributed by atoms with van der Waals surface area (Å²) in [4.78, 5) is 12.4. The molecule has 2 aromatic carbocycles. The Hall–Kier alpha value is -2.00. The molecule has 3 nitrogen and oxygen atoms in total. The molecule has 0 unspecified atom stereocenters. The smallest absolute Gasteiger partial charge is 0.196 e. The van der Waals surface area contributed by atoms with Gasteiger partial charge in [-0.05, 0) is 30.3 Å². The quantitative estimate of drug-likeness (QED) is 0.801. The van der Waals surface area contributed by atoms with E-state index in [9.17, 15) is 4.79 Å². The molecule has 0 atom stereocenters. The molecule has 0 aliphatic rings. The normalized spacial score (nSPS) is 10.1. The molecule has 2 rings (SSSR count). The fourth-order valence-electron chi connectivity index (χ4n) is 1.77. The number of carbonyl (C=O) groups is 1. The van der Waals surface area contributed by atoms with Crippen molar-refractivity contribution < 1.29 is 14.3 Å². The van der Waals surface area contributed by atoms with E-state index in [1.165, 1.54) is 7.11 Å². The number of rotatable bonds is 4. The first-order valence-electron chi connectivity index (χ1n) is 5.68. The maximum absolute atomic E-state index is 12.4. The van der Waals surface area contributed by atoms with Crippen LogP contribution in [0.3, 0.4) is 0 Å². The summed E-state index contributed by atoms with van der Waals surface area (Å²) in [5.74, 6) is 0.964. The molecule has 0 bridgehead atoms. The molecule has 0 aliphatic heterocycles. The van der Waals surface area contributed by atoms with Gasteiger partial charge in [-0.2, -0.15) is 0 Å². The van der Waals surface area contributed by atoms with Gasteiger partial charge in [-0.3, -0.25) is 4.79 Å².